The van der Waals surface area contributed by atoms with Crippen LogP contribution in [-0.4, -0.2) is 18.4 Å². The zero-order valence-corrected chi connectivity index (χ0v) is 11.5. The lowest BCUT2D eigenvalue weighted by Gasteiger charge is -2.02. The number of allylic oxidation sites excluding steroid dienone is 3. The van der Waals surface area contributed by atoms with E-state index < -0.39 is 0 Å². The largest absolute Gasteiger partial charge is 0.465 e. The Morgan fingerprint density at radius 3 is 2.17 bits per heavy atom. The van der Waals surface area contributed by atoms with Gasteiger partial charge in [0, 0.05) is 12.8 Å². The first-order chi connectivity index (χ1) is 8.70. The topological polar surface area (TPSA) is 43.4 Å². The van der Waals surface area contributed by atoms with Crippen molar-refractivity contribution in [1.29, 1.82) is 0 Å². The van der Waals surface area contributed by atoms with Crippen molar-refractivity contribution >= 4 is 11.8 Å². The SMILES string of the molecule is CC/C=C/CC(=O)CCCOC(=O)C/C=C/CC. The molecule has 0 fully saturated rings. The van der Waals surface area contributed by atoms with Crippen molar-refractivity contribution in [3.05, 3.63) is 24.3 Å². The number of esters is 1. The maximum absolute atomic E-state index is 11.4. The van der Waals surface area contributed by atoms with Crippen LogP contribution >= 0.6 is 0 Å². The summed E-state index contributed by atoms with van der Waals surface area (Å²) in [5.74, 6) is -0.0281. The molecule has 3 heteroatoms. The number of carbonyl (C=O) groups is 2. The van der Waals surface area contributed by atoms with Gasteiger partial charge in [-0.1, -0.05) is 38.2 Å². The lowest BCUT2D eigenvalue weighted by molar-refractivity contribution is -0.143. The molecule has 0 saturated heterocycles. The third-order valence-corrected chi connectivity index (χ3v) is 2.30. The smallest absolute Gasteiger partial charge is 0.309 e. The molecule has 0 saturated carbocycles. The van der Waals surface area contributed by atoms with Gasteiger partial charge in [-0.3, -0.25) is 9.59 Å². The van der Waals surface area contributed by atoms with Crippen molar-refractivity contribution < 1.29 is 14.3 Å². The van der Waals surface area contributed by atoms with E-state index in [-0.39, 0.29) is 11.8 Å². The maximum atomic E-state index is 11.4. The number of Topliss-reactive ketones (excluding diaryl/α,β-unsaturated/α-hetero) is 1. The lowest BCUT2D eigenvalue weighted by Crippen LogP contribution is -2.06. The second-order valence-electron chi connectivity index (χ2n) is 4.03. The van der Waals surface area contributed by atoms with Crippen molar-refractivity contribution in [1.82, 2.24) is 0 Å². The number of hydrogen-bond donors (Lipinski definition) is 0. The molecule has 0 aromatic carbocycles. The highest BCUT2D eigenvalue weighted by Crippen LogP contribution is 1.99. The van der Waals surface area contributed by atoms with Crippen LogP contribution in [0.3, 0.4) is 0 Å². The zero-order valence-electron chi connectivity index (χ0n) is 11.5. The van der Waals surface area contributed by atoms with Gasteiger partial charge in [0.15, 0.2) is 0 Å². The predicted octanol–water partition coefficient (Wildman–Crippen LogP) is 3.59. The predicted molar refractivity (Wildman–Crippen MR) is 73.3 cm³/mol. The highest BCUT2D eigenvalue weighted by Gasteiger charge is 2.02. The van der Waals surface area contributed by atoms with Crippen LogP contribution in [-0.2, 0) is 14.3 Å². The van der Waals surface area contributed by atoms with E-state index in [1.807, 2.05) is 38.2 Å². The van der Waals surface area contributed by atoms with Gasteiger partial charge in [0.2, 0.25) is 0 Å². The fraction of sp³-hybridized carbons (Fsp3) is 0.600. The Bertz CT molecular complexity index is 260. The number of ether oxygens (including phenoxy) is 1. The molecule has 0 aliphatic rings. The van der Waals surface area contributed by atoms with E-state index in [2.05, 4.69) is 0 Å². The zero-order chi connectivity index (χ0) is 13.6. The molecule has 0 atom stereocenters. The van der Waals surface area contributed by atoms with Crippen LogP contribution in [0, 0.1) is 0 Å². The molecule has 18 heavy (non-hydrogen) atoms. The Morgan fingerprint density at radius 1 is 0.944 bits per heavy atom. The molecular weight excluding hydrogens is 228 g/mol. The fourth-order valence-electron chi connectivity index (χ4n) is 1.34. The summed E-state index contributed by atoms with van der Waals surface area (Å²) in [7, 11) is 0. The van der Waals surface area contributed by atoms with Crippen LogP contribution in [0.25, 0.3) is 0 Å². The molecule has 0 rings (SSSR count). The van der Waals surface area contributed by atoms with Gasteiger partial charge < -0.3 is 4.74 Å². The standard InChI is InChI=1S/C15H24O3/c1-3-5-7-10-14(16)11-9-13-18-15(17)12-8-6-4-2/h5-8H,3-4,9-13H2,1-2H3/b7-5+,8-6+. The summed E-state index contributed by atoms with van der Waals surface area (Å²) in [5, 5.41) is 0. The molecule has 0 bridgehead atoms. The molecule has 0 aliphatic carbocycles. The van der Waals surface area contributed by atoms with Crippen LogP contribution in [0.15, 0.2) is 24.3 Å². The molecule has 0 amide bonds. The summed E-state index contributed by atoms with van der Waals surface area (Å²) in [6.45, 7) is 4.38. The maximum Gasteiger partial charge on any atom is 0.309 e. The van der Waals surface area contributed by atoms with Crippen molar-refractivity contribution in [2.24, 2.45) is 0 Å². The molecular formula is C15H24O3. The van der Waals surface area contributed by atoms with E-state index in [1.54, 1.807) is 0 Å². The molecule has 0 aromatic heterocycles. The van der Waals surface area contributed by atoms with Crippen molar-refractivity contribution in [2.45, 2.75) is 52.4 Å². The second-order valence-corrected chi connectivity index (χ2v) is 4.03. The van der Waals surface area contributed by atoms with E-state index in [9.17, 15) is 9.59 Å². The molecule has 0 spiro atoms. The van der Waals surface area contributed by atoms with Gasteiger partial charge in [-0.2, -0.15) is 0 Å². The summed E-state index contributed by atoms with van der Waals surface area (Å²) in [5.41, 5.74) is 0. The highest BCUT2D eigenvalue weighted by molar-refractivity contribution is 5.79. The molecule has 0 unspecified atom stereocenters. The highest BCUT2D eigenvalue weighted by atomic mass is 16.5. The van der Waals surface area contributed by atoms with Gasteiger partial charge in [-0.15, -0.1) is 0 Å². The van der Waals surface area contributed by atoms with Crippen LogP contribution in [0.4, 0.5) is 0 Å². The third kappa shape index (κ3) is 11.1. The first-order valence-electron chi connectivity index (χ1n) is 6.68. The number of ketones is 1. The molecule has 3 nitrogen and oxygen atoms in total. The number of carbonyl (C=O) groups excluding carboxylic acids is 2. The minimum absolute atomic E-state index is 0.196. The summed E-state index contributed by atoms with van der Waals surface area (Å²) in [6, 6.07) is 0. The van der Waals surface area contributed by atoms with Gasteiger partial charge in [0.1, 0.15) is 5.78 Å². The summed E-state index contributed by atoms with van der Waals surface area (Å²) >= 11 is 0. The van der Waals surface area contributed by atoms with Crippen LogP contribution in [0.1, 0.15) is 52.4 Å². The number of rotatable bonds is 10. The third-order valence-electron chi connectivity index (χ3n) is 2.30. The average molecular weight is 252 g/mol. The Labute approximate surface area is 110 Å². The molecule has 0 aliphatic heterocycles. The van der Waals surface area contributed by atoms with Crippen molar-refractivity contribution in [2.75, 3.05) is 6.61 Å². The molecule has 0 heterocycles. The van der Waals surface area contributed by atoms with E-state index >= 15 is 0 Å². The second kappa shape index (κ2) is 12.1. The average Bonchev–Trinajstić information content (AvgIpc) is 2.35. The van der Waals surface area contributed by atoms with Crippen LogP contribution in [0.2, 0.25) is 0 Å². The monoisotopic (exact) mass is 252 g/mol. The van der Waals surface area contributed by atoms with E-state index in [0.717, 1.165) is 12.8 Å². The van der Waals surface area contributed by atoms with Gasteiger partial charge in [0.25, 0.3) is 0 Å². The van der Waals surface area contributed by atoms with Crippen LogP contribution < -0.4 is 0 Å². The first-order valence-corrected chi connectivity index (χ1v) is 6.68. The minimum atomic E-state index is -0.224. The quantitative estimate of drug-likeness (QED) is 0.339. The Kier molecular flexibility index (Phi) is 11.2. The van der Waals surface area contributed by atoms with Gasteiger partial charge in [0.05, 0.1) is 13.0 Å². The lowest BCUT2D eigenvalue weighted by atomic mass is 10.1. The number of hydrogen-bond acceptors (Lipinski definition) is 3. The minimum Gasteiger partial charge on any atom is -0.465 e. The van der Waals surface area contributed by atoms with E-state index in [1.165, 1.54) is 0 Å². The summed E-state index contributed by atoms with van der Waals surface area (Å²) in [6.07, 6.45) is 11.4. The van der Waals surface area contributed by atoms with E-state index in [4.69, 9.17) is 4.74 Å². The summed E-state index contributed by atoms with van der Waals surface area (Å²) in [4.78, 5) is 22.6. The molecule has 0 radical (unpaired) electrons. The Morgan fingerprint density at radius 2 is 1.56 bits per heavy atom. The van der Waals surface area contributed by atoms with Gasteiger partial charge >= 0.3 is 5.97 Å². The normalized spacial score (nSPS) is 11.2. The Hall–Kier alpha value is -1.38. The molecule has 0 N–H and O–H groups in total. The summed E-state index contributed by atoms with van der Waals surface area (Å²) < 4.78 is 5.00. The Balaban J connectivity index is 3.49. The van der Waals surface area contributed by atoms with Gasteiger partial charge in [-0.25, -0.2) is 0 Å². The fourth-order valence-corrected chi connectivity index (χ4v) is 1.34. The van der Waals surface area contributed by atoms with E-state index in [0.29, 0.717) is 32.3 Å². The van der Waals surface area contributed by atoms with Gasteiger partial charge in [-0.05, 0) is 19.3 Å². The molecule has 102 valence electrons. The van der Waals surface area contributed by atoms with Crippen molar-refractivity contribution in [3.8, 4) is 0 Å². The van der Waals surface area contributed by atoms with Crippen molar-refractivity contribution in [3.63, 3.8) is 0 Å². The first kappa shape index (κ1) is 16.6. The van der Waals surface area contributed by atoms with Crippen LogP contribution in [0.5, 0.6) is 0 Å². The molecule has 0 aromatic rings.